The topological polar surface area (TPSA) is 89.2 Å². The van der Waals surface area contributed by atoms with Gasteiger partial charge in [0.25, 0.3) is 5.91 Å². The number of amides is 1. The summed E-state index contributed by atoms with van der Waals surface area (Å²) in [5.74, 6) is 0.824. The Hall–Kier alpha value is -5.32. The normalized spacial score (nSPS) is 11.0. The zero-order valence-electron chi connectivity index (χ0n) is 22.8. The van der Waals surface area contributed by atoms with Crippen LogP contribution in [0.1, 0.15) is 18.1 Å². The highest BCUT2D eigenvalue weighted by Crippen LogP contribution is 2.29. The smallest absolute Gasteiger partial charge is 0.266 e. The first kappa shape index (κ1) is 28.2. The van der Waals surface area contributed by atoms with Crippen LogP contribution in [-0.2, 0) is 11.4 Å². The van der Waals surface area contributed by atoms with Gasteiger partial charge in [0.05, 0.1) is 12.3 Å². The van der Waals surface area contributed by atoms with Gasteiger partial charge in [-0.3, -0.25) is 4.79 Å². The first-order valence-electron chi connectivity index (χ1n) is 13.3. The average molecular weight is 575 g/mol. The molecule has 0 fully saturated rings. The number of carbonyl (C=O) groups excluding carboxylic acids is 1. The first-order valence-corrected chi connectivity index (χ1v) is 13.7. The summed E-state index contributed by atoms with van der Waals surface area (Å²) in [4.78, 5) is 13.1. The third-order valence-corrected chi connectivity index (χ3v) is 6.53. The molecule has 0 saturated heterocycles. The lowest BCUT2D eigenvalue weighted by Crippen LogP contribution is -2.13. The van der Waals surface area contributed by atoms with Crippen molar-refractivity contribution in [3.63, 3.8) is 0 Å². The van der Waals surface area contributed by atoms with Gasteiger partial charge in [0, 0.05) is 28.0 Å². The van der Waals surface area contributed by atoms with Crippen LogP contribution in [0.3, 0.4) is 0 Å². The summed E-state index contributed by atoms with van der Waals surface area (Å²) in [6, 6.07) is 33.7. The Kier molecular flexibility index (Phi) is 8.97. The Bertz CT molecular complexity index is 1740. The van der Waals surface area contributed by atoms with Gasteiger partial charge in [-0.25, -0.2) is 4.68 Å². The molecule has 0 aliphatic rings. The lowest BCUT2D eigenvalue weighted by molar-refractivity contribution is -0.112. The lowest BCUT2D eigenvalue weighted by atomic mass is 10.1. The van der Waals surface area contributed by atoms with E-state index >= 15 is 0 Å². The summed E-state index contributed by atoms with van der Waals surface area (Å²) in [5.41, 5.74) is 4.28. The minimum atomic E-state index is -0.528. The van der Waals surface area contributed by atoms with E-state index in [0.717, 1.165) is 16.8 Å². The highest BCUT2D eigenvalue weighted by molar-refractivity contribution is 6.30. The van der Waals surface area contributed by atoms with Crippen molar-refractivity contribution in [2.45, 2.75) is 13.5 Å². The Morgan fingerprint density at radius 3 is 2.43 bits per heavy atom. The summed E-state index contributed by atoms with van der Waals surface area (Å²) in [5, 5.41) is 18.2. The van der Waals surface area contributed by atoms with Gasteiger partial charge < -0.3 is 14.8 Å². The number of nitrogens with zero attached hydrogens (tertiary/aromatic N) is 3. The standard InChI is InChI=1S/C34H27ClN4O3/c1-2-41-31-17-15-29(16-18-31)37-34(40)26(21-36)19-27-22-39(30-8-4-3-5-9-30)38-33(27)25-7-6-10-32(20-25)42-23-24-11-13-28(35)14-12-24/h3-20,22H,2,23H2,1H3,(H,37,40)/b26-19-. The van der Waals surface area contributed by atoms with E-state index in [1.54, 1.807) is 41.2 Å². The highest BCUT2D eigenvalue weighted by atomic mass is 35.5. The van der Waals surface area contributed by atoms with Crippen molar-refractivity contribution < 1.29 is 14.3 Å². The van der Waals surface area contributed by atoms with Crippen molar-refractivity contribution >= 4 is 29.3 Å². The fraction of sp³-hybridized carbons (Fsp3) is 0.0882. The second kappa shape index (κ2) is 13.4. The third-order valence-electron chi connectivity index (χ3n) is 6.28. The predicted octanol–water partition coefficient (Wildman–Crippen LogP) is 7.72. The number of hydrogen-bond acceptors (Lipinski definition) is 5. The maximum absolute atomic E-state index is 13.1. The minimum absolute atomic E-state index is 0.0621. The Balaban J connectivity index is 1.45. The minimum Gasteiger partial charge on any atom is -0.494 e. The number of nitriles is 1. The molecule has 0 unspecified atom stereocenters. The maximum Gasteiger partial charge on any atom is 0.266 e. The molecule has 0 bridgehead atoms. The quantitative estimate of drug-likeness (QED) is 0.136. The summed E-state index contributed by atoms with van der Waals surface area (Å²) in [7, 11) is 0. The molecule has 0 radical (unpaired) electrons. The van der Waals surface area contributed by atoms with Crippen molar-refractivity contribution in [2.24, 2.45) is 0 Å². The van der Waals surface area contributed by atoms with Gasteiger partial charge in [-0.15, -0.1) is 0 Å². The number of hydrogen-bond donors (Lipinski definition) is 1. The molecule has 1 aromatic heterocycles. The summed E-state index contributed by atoms with van der Waals surface area (Å²) in [6.45, 7) is 2.82. The van der Waals surface area contributed by atoms with Crippen LogP contribution in [0.5, 0.6) is 11.5 Å². The van der Waals surface area contributed by atoms with Crippen molar-refractivity contribution in [3.8, 4) is 34.5 Å². The summed E-state index contributed by atoms with van der Waals surface area (Å²) >= 11 is 6.00. The Labute approximate surface area is 249 Å². The van der Waals surface area contributed by atoms with E-state index in [-0.39, 0.29) is 5.57 Å². The zero-order chi connectivity index (χ0) is 29.3. The van der Waals surface area contributed by atoms with Gasteiger partial charge in [-0.05, 0) is 79.2 Å². The number of benzene rings is 4. The molecule has 0 aliphatic carbocycles. The van der Waals surface area contributed by atoms with Crippen LogP contribution < -0.4 is 14.8 Å². The molecule has 1 N–H and O–H groups in total. The molecule has 0 spiro atoms. The monoisotopic (exact) mass is 574 g/mol. The molecule has 5 rings (SSSR count). The number of nitrogens with one attached hydrogen (secondary N) is 1. The van der Waals surface area contributed by atoms with Crippen molar-refractivity contribution in [1.29, 1.82) is 5.26 Å². The fourth-order valence-electron chi connectivity index (χ4n) is 4.21. The molecule has 0 atom stereocenters. The summed E-state index contributed by atoms with van der Waals surface area (Å²) < 4.78 is 13.2. The first-order chi connectivity index (χ1) is 20.5. The van der Waals surface area contributed by atoms with Gasteiger partial charge in [0.15, 0.2) is 0 Å². The molecule has 7 nitrogen and oxygen atoms in total. The molecule has 0 saturated carbocycles. The van der Waals surface area contributed by atoms with E-state index in [0.29, 0.717) is 46.7 Å². The van der Waals surface area contributed by atoms with E-state index in [2.05, 4.69) is 5.32 Å². The van der Waals surface area contributed by atoms with Crippen molar-refractivity contribution in [1.82, 2.24) is 9.78 Å². The van der Waals surface area contributed by atoms with Gasteiger partial charge >= 0.3 is 0 Å². The molecular formula is C34H27ClN4O3. The van der Waals surface area contributed by atoms with Crippen molar-refractivity contribution in [3.05, 3.63) is 131 Å². The zero-order valence-corrected chi connectivity index (χ0v) is 23.6. The third kappa shape index (κ3) is 7.05. The second-order valence-corrected chi connectivity index (χ2v) is 9.67. The molecule has 208 valence electrons. The molecule has 5 aromatic rings. The fourth-order valence-corrected chi connectivity index (χ4v) is 4.34. The molecule has 4 aromatic carbocycles. The van der Waals surface area contributed by atoms with Crippen LogP contribution in [0.4, 0.5) is 5.69 Å². The van der Waals surface area contributed by atoms with Crippen LogP contribution >= 0.6 is 11.6 Å². The average Bonchev–Trinajstić information content (AvgIpc) is 3.45. The van der Waals surface area contributed by atoms with E-state index in [1.807, 2.05) is 91.9 Å². The van der Waals surface area contributed by atoms with Crippen LogP contribution in [0, 0.1) is 11.3 Å². The van der Waals surface area contributed by atoms with Crippen LogP contribution in [0.2, 0.25) is 5.02 Å². The largest absolute Gasteiger partial charge is 0.494 e. The van der Waals surface area contributed by atoms with Crippen LogP contribution in [-0.4, -0.2) is 22.3 Å². The van der Waals surface area contributed by atoms with Gasteiger partial charge in [0.1, 0.15) is 35.4 Å². The number of carbonyl (C=O) groups is 1. The molecule has 1 amide bonds. The van der Waals surface area contributed by atoms with Crippen molar-refractivity contribution in [2.75, 3.05) is 11.9 Å². The number of para-hydroxylation sites is 1. The molecule has 8 heteroatoms. The van der Waals surface area contributed by atoms with Gasteiger partial charge in [0.2, 0.25) is 0 Å². The SMILES string of the molecule is CCOc1ccc(NC(=O)/C(C#N)=C\c2cn(-c3ccccc3)nc2-c2cccc(OCc3ccc(Cl)cc3)c2)cc1. The number of halogens is 1. The Morgan fingerprint density at radius 1 is 0.952 bits per heavy atom. The lowest BCUT2D eigenvalue weighted by Gasteiger charge is -2.08. The molecule has 0 aliphatic heterocycles. The molecule has 1 heterocycles. The number of ether oxygens (including phenoxy) is 2. The Morgan fingerprint density at radius 2 is 1.71 bits per heavy atom. The number of aromatic nitrogens is 2. The second-order valence-electron chi connectivity index (χ2n) is 9.24. The summed E-state index contributed by atoms with van der Waals surface area (Å²) in [6.07, 6.45) is 3.35. The van der Waals surface area contributed by atoms with Gasteiger partial charge in [-0.2, -0.15) is 10.4 Å². The number of rotatable bonds is 10. The van der Waals surface area contributed by atoms with Crippen LogP contribution in [0.25, 0.3) is 23.0 Å². The predicted molar refractivity (Wildman–Crippen MR) is 165 cm³/mol. The highest BCUT2D eigenvalue weighted by Gasteiger charge is 2.16. The van der Waals surface area contributed by atoms with E-state index in [1.165, 1.54) is 0 Å². The molecular weight excluding hydrogens is 548 g/mol. The number of anilines is 1. The van der Waals surface area contributed by atoms with E-state index in [4.69, 9.17) is 26.2 Å². The van der Waals surface area contributed by atoms with E-state index < -0.39 is 5.91 Å². The van der Waals surface area contributed by atoms with E-state index in [9.17, 15) is 10.1 Å². The van der Waals surface area contributed by atoms with Gasteiger partial charge in [-0.1, -0.05) is 54.1 Å². The van der Waals surface area contributed by atoms with Crippen LogP contribution in [0.15, 0.2) is 115 Å². The maximum atomic E-state index is 13.1. The molecule has 42 heavy (non-hydrogen) atoms.